The summed E-state index contributed by atoms with van der Waals surface area (Å²) >= 11 is 1.69. The Balaban J connectivity index is 1.92. The number of amides is 1. The van der Waals surface area contributed by atoms with Gasteiger partial charge in [0.1, 0.15) is 0 Å². The van der Waals surface area contributed by atoms with E-state index in [0.717, 1.165) is 21.5 Å². The van der Waals surface area contributed by atoms with E-state index in [1.807, 2.05) is 30.3 Å². The van der Waals surface area contributed by atoms with Crippen LogP contribution in [0, 0.1) is 6.92 Å². The molecule has 0 spiro atoms. The molecule has 0 saturated carbocycles. The van der Waals surface area contributed by atoms with Crippen LogP contribution in [0.1, 0.15) is 5.56 Å². The first-order valence-corrected chi connectivity index (χ1v) is 7.55. The van der Waals surface area contributed by atoms with Crippen molar-refractivity contribution in [2.45, 2.75) is 16.7 Å². The van der Waals surface area contributed by atoms with Crippen LogP contribution in [0.3, 0.4) is 0 Å². The highest BCUT2D eigenvalue weighted by Gasteiger charge is 2.10. The Bertz CT molecular complexity index is 815. The number of aryl methyl sites for hydroxylation is 1. The topological polar surface area (TPSA) is 67.0 Å². The number of anilines is 1. The Morgan fingerprint density at radius 2 is 2.05 bits per heavy atom. The second-order valence-electron chi connectivity index (χ2n) is 4.75. The van der Waals surface area contributed by atoms with Crippen LogP contribution in [-0.2, 0) is 4.74 Å². The molecule has 3 aromatic rings. The lowest BCUT2D eigenvalue weighted by molar-refractivity contribution is 0.186. The molecule has 1 amide bonds. The van der Waals surface area contributed by atoms with E-state index in [0.29, 0.717) is 5.95 Å². The summed E-state index contributed by atoms with van der Waals surface area (Å²) in [5.41, 5.74) is 2.83. The lowest BCUT2D eigenvalue weighted by Crippen LogP contribution is -2.11. The third-order valence-corrected chi connectivity index (χ3v) is 4.32. The Labute approximate surface area is 132 Å². The Morgan fingerprint density at radius 1 is 1.27 bits per heavy atom. The Kier molecular flexibility index (Phi) is 4.02. The van der Waals surface area contributed by atoms with Crippen molar-refractivity contribution >= 4 is 34.8 Å². The van der Waals surface area contributed by atoms with Gasteiger partial charge in [-0.3, -0.25) is 5.32 Å². The van der Waals surface area contributed by atoms with Gasteiger partial charge in [-0.2, -0.15) is 0 Å². The number of fused-ring (bicyclic) bond motifs is 1. The number of rotatable bonds is 3. The summed E-state index contributed by atoms with van der Waals surface area (Å²) in [7, 11) is 1.32. The normalized spacial score (nSPS) is 10.6. The van der Waals surface area contributed by atoms with Gasteiger partial charge in [-0.1, -0.05) is 30.0 Å². The van der Waals surface area contributed by atoms with E-state index in [9.17, 15) is 4.79 Å². The molecule has 2 aromatic carbocycles. The molecule has 0 aliphatic carbocycles. The first-order chi connectivity index (χ1) is 10.7. The van der Waals surface area contributed by atoms with Crippen LogP contribution in [0.2, 0.25) is 0 Å². The van der Waals surface area contributed by atoms with Crippen LogP contribution < -0.4 is 5.32 Å². The van der Waals surface area contributed by atoms with Crippen LogP contribution >= 0.6 is 11.8 Å². The van der Waals surface area contributed by atoms with Crippen molar-refractivity contribution in [3.8, 4) is 0 Å². The van der Waals surface area contributed by atoms with Crippen LogP contribution in [0.5, 0.6) is 0 Å². The summed E-state index contributed by atoms with van der Waals surface area (Å²) in [5.74, 6) is 0.378. The van der Waals surface area contributed by atoms with Crippen LogP contribution in [0.15, 0.2) is 52.3 Å². The molecule has 0 aliphatic rings. The van der Waals surface area contributed by atoms with Gasteiger partial charge in [-0.15, -0.1) is 0 Å². The number of H-pyrrole nitrogens is 1. The fourth-order valence-electron chi connectivity index (χ4n) is 2.08. The summed E-state index contributed by atoms with van der Waals surface area (Å²) in [6.45, 7) is 2.05. The molecule has 22 heavy (non-hydrogen) atoms. The zero-order valence-corrected chi connectivity index (χ0v) is 13.0. The third-order valence-electron chi connectivity index (χ3n) is 3.16. The lowest BCUT2D eigenvalue weighted by atomic mass is 10.2. The molecule has 2 N–H and O–H groups in total. The van der Waals surface area contributed by atoms with Gasteiger partial charge in [-0.25, -0.2) is 9.78 Å². The maximum absolute atomic E-state index is 11.2. The number of ether oxygens (including phenoxy) is 1. The summed E-state index contributed by atoms with van der Waals surface area (Å²) in [5, 5.41) is 2.54. The number of methoxy groups -OCH3 is 1. The number of carbonyl (C=O) groups excluding carboxylic acids is 1. The van der Waals surface area contributed by atoms with E-state index in [4.69, 9.17) is 0 Å². The summed E-state index contributed by atoms with van der Waals surface area (Å²) in [4.78, 5) is 21.0. The number of benzene rings is 2. The highest BCUT2D eigenvalue weighted by Crippen LogP contribution is 2.32. The predicted octanol–water partition coefficient (Wildman–Crippen LogP) is 4.20. The molecule has 5 nitrogen and oxygen atoms in total. The second kappa shape index (κ2) is 6.11. The van der Waals surface area contributed by atoms with Crippen LogP contribution in [-0.4, -0.2) is 23.2 Å². The van der Waals surface area contributed by atoms with Gasteiger partial charge < -0.3 is 9.72 Å². The van der Waals surface area contributed by atoms with Crippen molar-refractivity contribution in [3.63, 3.8) is 0 Å². The first kappa shape index (κ1) is 14.5. The smallest absolute Gasteiger partial charge is 0.413 e. The Morgan fingerprint density at radius 3 is 2.77 bits per heavy atom. The number of aromatic nitrogens is 2. The molecular weight excluding hydrogens is 298 g/mol. The number of hydrogen-bond donors (Lipinski definition) is 2. The summed E-state index contributed by atoms with van der Waals surface area (Å²) in [6, 6.07) is 14.2. The maximum Gasteiger partial charge on any atom is 0.413 e. The summed E-state index contributed by atoms with van der Waals surface area (Å²) in [6.07, 6.45) is -0.547. The fraction of sp³-hybridized carbons (Fsp3) is 0.125. The van der Waals surface area contributed by atoms with Crippen molar-refractivity contribution in [1.29, 1.82) is 0 Å². The Hall–Kier alpha value is -2.47. The van der Waals surface area contributed by atoms with Gasteiger partial charge in [-0.05, 0) is 36.8 Å². The number of nitrogens with zero attached hydrogens (tertiary/aromatic N) is 1. The van der Waals surface area contributed by atoms with Gasteiger partial charge >= 0.3 is 6.09 Å². The minimum Gasteiger partial charge on any atom is -0.453 e. The number of hydrogen-bond acceptors (Lipinski definition) is 4. The number of carbonyl (C=O) groups is 1. The number of aromatic amines is 1. The molecule has 1 heterocycles. The highest BCUT2D eigenvalue weighted by molar-refractivity contribution is 7.99. The molecular formula is C16H15N3O2S. The van der Waals surface area contributed by atoms with Gasteiger partial charge in [0.25, 0.3) is 0 Å². The van der Waals surface area contributed by atoms with Gasteiger partial charge in [0.15, 0.2) is 0 Å². The van der Waals surface area contributed by atoms with E-state index in [1.54, 1.807) is 11.8 Å². The number of nitrogens with one attached hydrogen (secondary N) is 2. The molecule has 0 unspecified atom stereocenters. The minimum atomic E-state index is -0.547. The predicted molar refractivity (Wildman–Crippen MR) is 87.4 cm³/mol. The van der Waals surface area contributed by atoms with Crippen molar-refractivity contribution in [2.75, 3.05) is 12.4 Å². The standard InChI is InChI=1S/C16H15N3O2S/c1-10-8-12-13(18-15(17-12)19-16(20)21-2)9-14(10)22-11-6-4-3-5-7-11/h3-9H,1-2H3,(H2,17,18,19,20). The van der Waals surface area contributed by atoms with Crippen molar-refractivity contribution in [2.24, 2.45) is 0 Å². The van der Waals surface area contributed by atoms with E-state index in [-0.39, 0.29) is 0 Å². The molecule has 0 radical (unpaired) electrons. The van der Waals surface area contributed by atoms with Gasteiger partial charge in [0, 0.05) is 9.79 Å². The van der Waals surface area contributed by atoms with Crippen molar-refractivity contribution in [1.82, 2.24) is 9.97 Å². The van der Waals surface area contributed by atoms with Gasteiger partial charge in [0.05, 0.1) is 18.1 Å². The largest absolute Gasteiger partial charge is 0.453 e. The average molecular weight is 313 g/mol. The minimum absolute atomic E-state index is 0.378. The van der Waals surface area contributed by atoms with E-state index >= 15 is 0 Å². The molecule has 6 heteroatoms. The second-order valence-corrected chi connectivity index (χ2v) is 5.87. The molecule has 0 atom stereocenters. The number of imidazole rings is 1. The van der Waals surface area contributed by atoms with E-state index < -0.39 is 6.09 Å². The van der Waals surface area contributed by atoms with Crippen molar-refractivity contribution in [3.05, 3.63) is 48.0 Å². The molecule has 112 valence electrons. The summed E-state index contributed by atoms with van der Waals surface area (Å²) < 4.78 is 4.56. The van der Waals surface area contributed by atoms with Crippen LogP contribution in [0.4, 0.5) is 10.7 Å². The molecule has 0 aliphatic heterocycles. The van der Waals surface area contributed by atoms with Crippen LogP contribution in [0.25, 0.3) is 11.0 Å². The molecule has 3 rings (SSSR count). The fourth-order valence-corrected chi connectivity index (χ4v) is 3.02. The van der Waals surface area contributed by atoms with Gasteiger partial charge in [0.2, 0.25) is 5.95 Å². The third kappa shape index (κ3) is 3.07. The molecule has 0 bridgehead atoms. The lowest BCUT2D eigenvalue weighted by Gasteiger charge is -2.05. The monoisotopic (exact) mass is 313 g/mol. The highest BCUT2D eigenvalue weighted by atomic mass is 32.2. The zero-order chi connectivity index (χ0) is 15.5. The van der Waals surface area contributed by atoms with E-state index in [2.05, 4.69) is 39.1 Å². The molecule has 0 fully saturated rings. The van der Waals surface area contributed by atoms with E-state index in [1.165, 1.54) is 12.0 Å². The SMILES string of the molecule is COC(=O)Nc1nc2cc(Sc3ccccc3)c(C)cc2[nH]1. The van der Waals surface area contributed by atoms with Crippen molar-refractivity contribution < 1.29 is 9.53 Å². The zero-order valence-electron chi connectivity index (χ0n) is 12.2. The molecule has 0 saturated heterocycles. The maximum atomic E-state index is 11.2. The molecule has 1 aromatic heterocycles. The first-order valence-electron chi connectivity index (χ1n) is 6.74. The average Bonchev–Trinajstić information content (AvgIpc) is 2.89. The quantitative estimate of drug-likeness (QED) is 0.760.